The summed E-state index contributed by atoms with van der Waals surface area (Å²) >= 11 is 0. The van der Waals surface area contributed by atoms with Gasteiger partial charge in [0.05, 0.1) is 34.1 Å². The highest BCUT2D eigenvalue weighted by Gasteiger charge is 2.73. The molecule has 6 nitrogen and oxygen atoms in total. The molecule has 3 aromatic rings. The molecule has 2 fully saturated rings. The van der Waals surface area contributed by atoms with Crippen molar-refractivity contribution >= 4 is 16.8 Å². The van der Waals surface area contributed by atoms with E-state index in [1.165, 1.54) is 21.9 Å². The Morgan fingerprint density at radius 1 is 0.896 bits per heavy atom. The largest absolute Gasteiger partial charge is 0.430 e. The third kappa shape index (κ3) is 6.25. The predicted octanol–water partition coefficient (Wildman–Crippen LogP) is 7.31. The Kier molecular flexibility index (Phi) is 9.59. The number of ether oxygens (including phenoxy) is 1. The molecule has 0 N–H and O–H groups in total. The van der Waals surface area contributed by atoms with E-state index in [-0.39, 0.29) is 49.0 Å². The molecule has 0 aromatic heterocycles. The zero-order chi connectivity index (χ0) is 35.1. The Morgan fingerprint density at radius 3 is 2.04 bits per heavy atom. The van der Waals surface area contributed by atoms with Gasteiger partial charge in [-0.15, -0.1) is 0 Å². The van der Waals surface area contributed by atoms with Crippen LogP contribution in [0.3, 0.4) is 0 Å². The molecule has 2 heterocycles. The zero-order valence-electron chi connectivity index (χ0n) is 24.8. The molecule has 2 unspecified atom stereocenters. The van der Waals surface area contributed by atoms with E-state index in [1.807, 2.05) is 0 Å². The molecule has 0 bridgehead atoms. The Labute approximate surface area is 271 Å². The fraction of sp³-hybridized carbons (Fsp3) is 0.375. The second-order valence-corrected chi connectivity index (χ2v) is 13.3. The molecule has 48 heavy (non-hydrogen) atoms. The Morgan fingerprint density at radius 2 is 1.50 bits per heavy atom. The number of halogens is 9. The summed E-state index contributed by atoms with van der Waals surface area (Å²) in [5, 5.41) is 9.23. The van der Waals surface area contributed by atoms with Crippen molar-refractivity contribution in [3.63, 3.8) is 0 Å². The molecule has 2 amide bonds. The summed E-state index contributed by atoms with van der Waals surface area (Å²) in [6, 6.07) is 11.1. The van der Waals surface area contributed by atoms with Gasteiger partial charge in [0.15, 0.2) is 0 Å². The van der Waals surface area contributed by atoms with Crippen LogP contribution >= 0.6 is 0 Å². The maximum atomic E-state index is 14.5. The summed E-state index contributed by atoms with van der Waals surface area (Å²) in [4.78, 5) is 16.2. The number of amides is 2. The number of hydrogen-bond acceptors (Lipinski definition) is 4. The fourth-order valence-electron chi connectivity index (χ4n) is 6.06. The minimum atomic E-state index is -6.17. The van der Waals surface area contributed by atoms with Crippen LogP contribution in [0.15, 0.2) is 71.6 Å². The molecular weight excluding hydrogens is 677 g/mol. The molecule has 0 radical (unpaired) electrons. The highest BCUT2D eigenvalue weighted by atomic mass is 32.2. The highest BCUT2D eigenvalue weighted by molar-refractivity contribution is 7.86. The van der Waals surface area contributed by atoms with Gasteiger partial charge >= 0.3 is 18.4 Å². The predicted molar refractivity (Wildman–Crippen MR) is 153 cm³/mol. The van der Waals surface area contributed by atoms with Crippen molar-refractivity contribution in [2.45, 2.75) is 47.0 Å². The molecular formula is C32H26F9N3O3S. The van der Waals surface area contributed by atoms with Crippen molar-refractivity contribution in [1.29, 1.82) is 5.26 Å². The van der Waals surface area contributed by atoms with Crippen LogP contribution < -0.4 is 0 Å². The number of carbonyl (C=O) groups is 1. The van der Waals surface area contributed by atoms with Crippen molar-refractivity contribution < 1.29 is 53.3 Å². The molecule has 0 spiro atoms. The van der Waals surface area contributed by atoms with Crippen LogP contribution in [0.2, 0.25) is 0 Å². The van der Waals surface area contributed by atoms with Gasteiger partial charge in [0, 0.05) is 42.2 Å². The normalized spacial score (nSPS) is 21.0. The van der Waals surface area contributed by atoms with Gasteiger partial charge in [-0.2, -0.15) is 31.6 Å². The standard InChI is InChI=1S/C32H26F9N3O3S/c33-23-8-10-24(11-9-23)48(46)29(13-15-44(19-29)28(45)43-14-12-20(16-42)17-43)21-4-6-22(7-5-21)30(31(36,37)38,32(39,40)41)47-18-25-26(34)2-1-3-27(25)35/h1-11,20H,12-15,17-19H2/t20?,29-,48?/m0/s1. The Bertz CT molecular complexity index is 1690. The topological polar surface area (TPSA) is 73.6 Å². The number of carbonyl (C=O) groups excluding carboxylic acids is 1. The number of hydrogen-bond donors (Lipinski definition) is 0. The third-order valence-corrected chi connectivity index (χ3v) is 10.6. The first-order valence-corrected chi connectivity index (χ1v) is 15.6. The smallest absolute Gasteiger partial charge is 0.349 e. The molecule has 16 heteroatoms. The number of alkyl halides is 6. The zero-order valence-corrected chi connectivity index (χ0v) is 25.6. The number of nitriles is 1. The molecule has 0 aliphatic carbocycles. The lowest BCUT2D eigenvalue weighted by atomic mass is 9.88. The Balaban J connectivity index is 1.55. The maximum absolute atomic E-state index is 14.5. The van der Waals surface area contributed by atoms with Crippen molar-refractivity contribution in [3.05, 3.63) is 101 Å². The van der Waals surface area contributed by atoms with Crippen LogP contribution in [-0.2, 0) is 32.5 Å². The minimum Gasteiger partial charge on any atom is -0.349 e. The molecule has 3 atom stereocenters. The monoisotopic (exact) mass is 703 g/mol. The third-order valence-electron chi connectivity index (χ3n) is 8.64. The summed E-state index contributed by atoms with van der Waals surface area (Å²) in [5.74, 6) is -3.86. The quantitative estimate of drug-likeness (QED) is 0.242. The molecule has 2 aliphatic heterocycles. The maximum Gasteiger partial charge on any atom is 0.430 e. The van der Waals surface area contributed by atoms with Gasteiger partial charge in [-0.25, -0.2) is 18.0 Å². The summed E-state index contributed by atoms with van der Waals surface area (Å²) in [6.07, 6.45) is -11.9. The van der Waals surface area contributed by atoms with E-state index in [0.717, 1.165) is 30.3 Å². The SMILES string of the molecule is N#CC1CCN(C(=O)N2CC[C@](c3ccc(C(OCc4c(F)cccc4F)(C(F)(F)F)C(F)(F)F)cc3)(S(=O)c3ccc(F)cc3)C2)C1. The van der Waals surface area contributed by atoms with Gasteiger partial charge < -0.3 is 14.5 Å². The highest BCUT2D eigenvalue weighted by Crippen LogP contribution is 2.54. The second kappa shape index (κ2) is 13.1. The van der Waals surface area contributed by atoms with Crippen molar-refractivity contribution in [2.24, 2.45) is 5.92 Å². The van der Waals surface area contributed by atoms with Crippen molar-refractivity contribution in [1.82, 2.24) is 9.80 Å². The van der Waals surface area contributed by atoms with Gasteiger partial charge in [0.1, 0.15) is 17.5 Å². The molecule has 256 valence electrons. The molecule has 2 saturated heterocycles. The number of urea groups is 1. The number of nitrogens with zero attached hydrogens (tertiary/aromatic N) is 3. The first-order valence-electron chi connectivity index (χ1n) is 14.5. The van der Waals surface area contributed by atoms with E-state index in [2.05, 4.69) is 10.8 Å². The number of likely N-dealkylation sites (tertiary alicyclic amines) is 2. The van der Waals surface area contributed by atoms with Gasteiger partial charge in [-0.3, -0.25) is 4.21 Å². The van der Waals surface area contributed by atoms with Crippen LogP contribution in [0, 0.1) is 34.7 Å². The van der Waals surface area contributed by atoms with Crippen LogP contribution in [0.5, 0.6) is 0 Å². The van der Waals surface area contributed by atoms with Crippen LogP contribution in [-0.4, -0.2) is 58.6 Å². The number of rotatable bonds is 7. The molecule has 0 saturated carbocycles. The van der Waals surface area contributed by atoms with E-state index in [9.17, 15) is 53.8 Å². The van der Waals surface area contributed by atoms with Crippen LogP contribution in [0.4, 0.5) is 44.3 Å². The first-order chi connectivity index (χ1) is 22.5. The van der Waals surface area contributed by atoms with E-state index in [0.29, 0.717) is 30.7 Å². The van der Waals surface area contributed by atoms with Crippen molar-refractivity contribution in [3.8, 4) is 6.07 Å². The average Bonchev–Trinajstić information content (AvgIpc) is 3.70. The molecule has 2 aliphatic rings. The fourth-order valence-corrected chi connectivity index (χ4v) is 7.79. The van der Waals surface area contributed by atoms with E-state index in [1.54, 1.807) is 0 Å². The van der Waals surface area contributed by atoms with E-state index >= 15 is 0 Å². The van der Waals surface area contributed by atoms with Crippen LogP contribution in [0.1, 0.15) is 29.5 Å². The minimum absolute atomic E-state index is 0.00753. The summed E-state index contributed by atoms with van der Waals surface area (Å²) in [6.45, 7) is -1.55. The van der Waals surface area contributed by atoms with E-state index in [4.69, 9.17) is 0 Å². The number of benzene rings is 3. The molecule has 5 rings (SSSR count). The van der Waals surface area contributed by atoms with Crippen LogP contribution in [0.25, 0.3) is 0 Å². The van der Waals surface area contributed by atoms with Gasteiger partial charge in [0.25, 0.3) is 5.60 Å². The molecule has 3 aromatic carbocycles. The van der Waals surface area contributed by atoms with Gasteiger partial charge in [-0.1, -0.05) is 30.3 Å². The average molecular weight is 704 g/mol. The Hall–Kier alpha value is -4.10. The van der Waals surface area contributed by atoms with Gasteiger partial charge in [-0.05, 0) is 54.8 Å². The van der Waals surface area contributed by atoms with Gasteiger partial charge in [0.2, 0.25) is 0 Å². The van der Waals surface area contributed by atoms with Crippen molar-refractivity contribution in [2.75, 3.05) is 26.2 Å². The lowest BCUT2D eigenvalue weighted by Crippen LogP contribution is -2.56. The first kappa shape index (κ1) is 35.2. The summed E-state index contributed by atoms with van der Waals surface area (Å²) < 4.78 is 146. The summed E-state index contributed by atoms with van der Waals surface area (Å²) in [5.41, 5.74) is -7.62. The second-order valence-electron chi connectivity index (χ2n) is 11.5. The van der Waals surface area contributed by atoms with E-state index < -0.39 is 74.7 Å². The summed E-state index contributed by atoms with van der Waals surface area (Å²) in [7, 11) is -2.11. The lowest BCUT2D eigenvalue weighted by molar-refractivity contribution is -0.392. The lowest BCUT2D eigenvalue weighted by Gasteiger charge is -2.38.